The molecule has 6 nitrogen and oxygen atoms in total. The van der Waals surface area contributed by atoms with Crippen LogP contribution < -0.4 is 15.5 Å². The third kappa shape index (κ3) is 6.01. The molecule has 0 spiro atoms. The highest BCUT2D eigenvalue weighted by molar-refractivity contribution is 6.54. The Morgan fingerprint density at radius 2 is 1.77 bits per heavy atom. The van der Waals surface area contributed by atoms with Crippen LogP contribution in [-0.2, 0) is 6.54 Å². The lowest BCUT2D eigenvalue weighted by Crippen LogP contribution is -2.37. The van der Waals surface area contributed by atoms with Gasteiger partial charge in [-0.3, -0.25) is 4.90 Å². The Morgan fingerprint density at radius 1 is 1.00 bits per heavy atom. The van der Waals surface area contributed by atoms with Gasteiger partial charge in [0, 0.05) is 42.5 Å². The number of nitrogens with zero attached hydrogens (tertiary/aromatic N) is 4. The fourth-order valence-corrected chi connectivity index (χ4v) is 5.68. The highest BCUT2D eigenvalue weighted by Gasteiger charge is 2.21. The van der Waals surface area contributed by atoms with E-state index in [9.17, 15) is 0 Å². The molecule has 1 aliphatic heterocycles. The minimum atomic E-state index is 0.544. The van der Waals surface area contributed by atoms with Gasteiger partial charge in [-0.2, -0.15) is 9.61 Å². The number of hydrogen-bond acceptors (Lipinski definition) is 5. The summed E-state index contributed by atoms with van der Waals surface area (Å²) in [6.07, 6.45) is 4.32. The molecule has 0 bridgehead atoms. The van der Waals surface area contributed by atoms with E-state index in [1.165, 1.54) is 18.4 Å². The van der Waals surface area contributed by atoms with Crippen LogP contribution in [0.2, 0.25) is 11.8 Å². The molecular weight excluding hydrogens is 517 g/mol. The van der Waals surface area contributed by atoms with E-state index in [-0.39, 0.29) is 0 Å². The van der Waals surface area contributed by atoms with Gasteiger partial charge in [-0.15, -0.1) is 0 Å². The predicted octanol–water partition coefficient (Wildman–Crippen LogP) is 6.28. The van der Waals surface area contributed by atoms with Crippen LogP contribution in [0, 0.1) is 5.92 Å². The van der Waals surface area contributed by atoms with E-state index in [0.29, 0.717) is 10.9 Å². The third-order valence-electron chi connectivity index (χ3n) is 7.56. The maximum Gasteiger partial charge on any atom is 0.161 e. The number of aromatic nitrogens is 3. The van der Waals surface area contributed by atoms with Gasteiger partial charge in [0.25, 0.3) is 0 Å². The van der Waals surface area contributed by atoms with Crippen molar-refractivity contribution in [1.82, 2.24) is 19.5 Å². The molecule has 202 valence electrons. The van der Waals surface area contributed by atoms with Crippen molar-refractivity contribution in [1.29, 1.82) is 0 Å². The number of piperidine rings is 1. The zero-order valence-electron chi connectivity index (χ0n) is 22.8. The topological polar surface area (TPSA) is 54.7 Å². The number of benzene rings is 3. The average molecular weight is 550 g/mol. The normalized spacial score (nSPS) is 15.7. The molecule has 0 amide bonds. The molecule has 1 fully saturated rings. The molecule has 40 heavy (non-hydrogen) atoms. The van der Waals surface area contributed by atoms with Gasteiger partial charge in [0.1, 0.15) is 17.3 Å². The molecular formula is C32H33BClN5O. The van der Waals surface area contributed by atoms with Crippen LogP contribution in [0.1, 0.15) is 18.4 Å². The number of rotatable bonds is 9. The van der Waals surface area contributed by atoms with Crippen molar-refractivity contribution in [2.24, 2.45) is 5.92 Å². The Bertz CT molecular complexity index is 1570. The molecule has 1 N–H and O–H groups in total. The van der Waals surface area contributed by atoms with E-state index in [2.05, 4.69) is 52.5 Å². The van der Waals surface area contributed by atoms with Gasteiger partial charge in [0.2, 0.25) is 0 Å². The molecule has 0 saturated carbocycles. The number of ether oxygens (including phenoxy) is 1. The Kier molecular flexibility index (Phi) is 8.03. The van der Waals surface area contributed by atoms with Crippen LogP contribution in [0.5, 0.6) is 11.5 Å². The fraction of sp³-hybridized carbons (Fsp3) is 0.250. The fourth-order valence-electron chi connectivity index (χ4n) is 5.45. The van der Waals surface area contributed by atoms with Gasteiger partial charge < -0.3 is 10.1 Å². The Labute approximate surface area is 241 Å². The summed E-state index contributed by atoms with van der Waals surface area (Å²) in [5, 5.41) is 9.07. The molecule has 2 aromatic heterocycles. The summed E-state index contributed by atoms with van der Waals surface area (Å²) in [4.78, 5) is 7.50. The SMILES string of the molecule is CBc1cnn2c(NCC3CCCN(Cc4ccc(Oc5ccccc5)cc4)C3)cc(-c3ccccc3Cl)nc12. The van der Waals surface area contributed by atoms with Gasteiger partial charge in [-0.25, -0.2) is 4.98 Å². The lowest BCUT2D eigenvalue weighted by Gasteiger charge is -2.33. The molecule has 1 saturated heterocycles. The van der Waals surface area contributed by atoms with Crippen molar-refractivity contribution in [3.63, 3.8) is 0 Å². The Balaban J connectivity index is 1.12. The van der Waals surface area contributed by atoms with E-state index in [1.54, 1.807) is 0 Å². The molecule has 3 aromatic carbocycles. The van der Waals surface area contributed by atoms with Crippen molar-refractivity contribution in [2.75, 3.05) is 25.0 Å². The predicted molar refractivity (Wildman–Crippen MR) is 166 cm³/mol. The van der Waals surface area contributed by atoms with Gasteiger partial charge in [0.05, 0.1) is 5.69 Å². The first-order valence-corrected chi connectivity index (χ1v) is 14.4. The maximum absolute atomic E-state index is 6.54. The van der Waals surface area contributed by atoms with Crippen LogP contribution in [0.4, 0.5) is 5.82 Å². The molecule has 1 atom stereocenters. The summed E-state index contributed by atoms with van der Waals surface area (Å²) in [6.45, 7) is 6.13. The maximum atomic E-state index is 6.54. The van der Waals surface area contributed by atoms with Crippen LogP contribution in [0.15, 0.2) is 91.1 Å². The summed E-state index contributed by atoms with van der Waals surface area (Å²) in [7, 11) is 0.874. The monoisotopic (exact) mass is 549 g/mol. The minimum absolute atomic E-state index is 0.544. The zero-order valence-corrected chi connectivity index (χ0v) is 23.5. The quantitative estimate of drug-likeness (QED) is 0.219. The van der Waals surface area contributed by atoms with Gasteiger partial charge in [-0.05, 0) is 66.7 Å². The second-order valence-electron chi connectivity index (χ2n) is 10.4. The van der Waals surface area contributed by atoms with Crippen molar-refractivity contribution in [3.05, 3.63) is 102 Å². The van der Waals surface area contributed by atoms with Crippen molar-refractivity contribution in [2.45, 2.75) is 26.2 Å². The van der Waals surface area contributed by atoms with Gasteiger partial charge >= 0.3 is 0 Å². The summed E-state index contributed by atoms with van der Waals surface area (Å²) < 4.78 is 7.89. The van der Waals surface area contributed by atoms with Crippen molar-refractivity contribution >= 4 is 35.8 Å². The summed E-state index contributed by atoms with van der Waals surface area (Å²) in [6, 6.07) is 28.3. The third-order valence-corrected chi connectivity index (χ3v) is 7.89. The number of nitrogens with one attached hydrogen (secondary N) is 1. The van der Waals surface area contributed by atoms with E-state index >= 15 is 0 Å². The number of fused-ring (bicyclic) bond motifs is 1. The van der Waals surface area contributed by atoms with Crippen LogP contribution >= 0.6 is 11.6 Å². The molecule has 8 heteroatoms. The highest BCUT2D eigenvalue weighted by atomic mass is 35.5. The summed E-state index contributed by atoms with van der Waals surface area (Å²) in [5.74, 6) is 3.21. The molecule has 0 aliphatic carbocycles. The molecule has 0 radical (unpaired) electrons. The molecule has 1 aliphatic rings. The smallest absolute Gasteiger partial charge is 0.161 e. The molecule has 3 heterocycles. The first-order valence-electron chi connectivity index (χ1n) is 14.1. The Hall–Kier alpha value is -3.81. The minimum Gasteiger partial charge on any atom is -0.457 e. The first-order chi connectivity index (χ1) is 19.7. The van der Waals surface area contributed by atoms with Gasteiger partial charge in [0.15, 0.2) is 12.9 Å². The summed E-state index contributed by atoms with van der Waals surface area (Å²) >= 11 is 6.54. The van der Waals surface area contributed by atoms with Crippen molar-refractivity contribution < 1.29 is 4.74 Å². The number of likely N-dealkylation sites (tertiary alicyclic amines) is 1. The van der Waals surface area contributed by atoms with Crippen molar-refractivity contribution in [3.8, 4) is 22.8 Å². The zero-order chi connectivity index (χ0) is 27.3. The number of halogens is 1. The lowest BCUT2D eigenvalue weighted by atomic mass is 9.75. The Morgan fingerprint density at radius 3 is 2.58 bits per heavy atom. The number of hydrogen-bond donors (Lipinski definition) is 1. The van der Waals surface area contributed by atoms with E-state index in [4.69, 9.17) is 21.3 Å². The second-order valence-corrected chi connectivity index (χ2v) is 10.9. The van der Waals surface area contributed by atoms with E-state index in [1.807, 2.05) is 65.3 Å². The highest BCUT2D eigenvalue weighted by Crippen LogP contribution is 2.29. The number of para-hydroxylation sites is 1. The average Bonchev–Trinajstić information content (AvgIpc) is 3.41. The lowest BCUT2D eigenvalue weighted by molar-refractivity contribution is 0.173. The van der Waals surface area contributed by atoms with Crippen LogP contribution in [-0.4, -0.2) is 46.4 Å². The van der Waals surface area contributed by atoms with Gasteiger partial charge in [-0.1, -0.05) is 67.0 Å². The largest absolute Gasteiger partial charge is 0.457 e. The van der Waals surface area contributed by atoms with E-state index < -0.39 is 0 Å². The molecule has 6 rings (SSSR count). The standard InChI is InChI=1S/C32H33BClN5O/c1-33-28-20-36-39-31(18-30(37-32(28)39)27-11-5-6-12-29(27)34)35-19-24-8-7-17-38(22-24)21-23-13-15-26(16-14-23)40-25-9-3-2-4-10-25/h2-6,9-16,18,20,24,33,35H,7-8,17,19,21-22H2,1H3. The van der Waals surface area contributed by atoms with Crippen LogP contribution in [0.3, 0.4) is 0 Å². The van der Waals surface area contributed by atoms with E-state index in [0.717, 1.165) is 73.1 Å². The first kappa shape index (κ1) is 26.4. The number of anilines is 1. The second kappa shape index (κ2) is 12.2. The molecule has 1 unspecified atom stereocenters. The van der Waals surface area contributed by atoms with Crippen LogP contribution in [0.25, 0.3) is 16.9 Å². The molecule has 5 aromatic rings. The summed E-state index contributed by atoms with van der Waals surface area (Å²) in [5.41, 5.74) is 5.11.